The van der Waals surface area contributed by atoms with Gasteiger partial charge in [0, 0.05) is 18.6 Å². The Morgan fingerprint density at radius 3 is 3.00 bits per heavy atom. The molecule has 0 aliphatic carbocycles. The highest BCUT2D eigenvalue weighted by Crippen LogP contribution is 1.76. The summed E-state index contributed by atoms with van der Waals surface area (Å²) in [7, 11) is 0. The van der Waals surface area contributed by atoms with Crippen LogP contribution < -0.4 is 0 Å². The largest absolute Gasteiger partial charge is 0.292 e. The molecule has 0 spiro atoms. The SMILES string of the molecule is C\C=N/C=C\C=N/CCC#N. The topological polar surface area (TPSA) is 48.5 Å². The van der Waals surface area contributed by atoms with E-state index in [1.165, 1.54) is 0 Å². The van der Waals surface area contributed by atoms with Crippen LogP contribution >= 0.6 is 0 Å². The van der Waals surface area contributed by atoms with Crippen LogP contribution in [0.25, 0.3) is 0 Å². The van der Waals surface area contributed by atoms with Crippen molar-refractivity contribution < 1.29 is 0 Å². The van der Waals surface area contributed by atoms with Gasteiger partial charge in [0.2, 0.25) is 0 Å². The minimum absolute atomic E-state index is 0.474. The zero-order valence-corrected chi connectivity index (χ0v) is 6.57. The van der Waals surface area contributed by atoms with Gasteiger partial charge in [-0.05, 0) is 13.0 Å². The van der Waals surface area contributed by atoms with Gasteiger partial charge in [-0.1, -0.05) is 0 Å². The van der Waals surface area contributed by atoms with Crippen LogP contribution in [0.4, 0.5) is 0 Å². The fourth-order valence-corrected chi connectivity index (χ4v) is 0.424. The van der Waals surface area contributed by atoms with Crippen LogP contribution in [0.15, 0.2) is 22.3 Å². The van der Waals surface area contributed by atoms with Gasteiger partial charge < -0.3 is 0 Å². The highest BCUT2D eigenvalue weighted by molar-refractivity contribution is 5.71. The molecule has 0 rings (SSSR count). The maximum absolute atomic E-state index is 8.14. The first kappa shape index (κ1) is 9.57. The van der Waals surface area contributed by atoms with Gasteiger partial charge in [0.15, 0.2) is 0 Å². The third kappa shape index (κ3) is 8.57. The maximum Gasteiger partial charge on any atom is 0.0641 e. The Kier molecular flexibility index (Phi) is 7.46. The Hall–Kier alpha value is -1.43. The number of allylic oxidation sites excluding steroid dienone is 1. The highest BCUT2D eigenvalue weighted by atomic mass is 14.7. The first-order valence-corrected chi connectivity index (χ1v) is 3.41. The summed E-state index contributed by atoms with van der Waals surface area (Å²) in [5.74, 6) is 0. The summed E-state index contributed by atoms with van der Waals surface area (Å²) in [5, 5.41) is 8.14. The summed E-state index contributed by atoms with van der Waals surface area (Å²) in [5.41, 5.74) is 0. The molecule has 0 aromatic heterocycles. The lowest BCUT2D eigenvalue weighted by atomic mass is 10.5. The van der Waals surface area contributed by atoms with E-state index in [1.54, 1.807) is 24.7 Å². The molecule has 0 heterocycles. The molecule has 11 heavy (non-hydrogen) atoms. The molecule has 0 fully saturated rings. The number of aliphatic imine (C=N–C) groups is 2. The van der Waals surface area contributed by atoms with Gasteiger partial charge in [0.25, 0.3) is 0 Å². The molecule has 0 bridgehead atoms. The molecular weight excluding hydrogens is 138 g/mol. The van der Waals surface area contributed by atoms with E-state index in [-0.39, 0.29) is 0 Å². The van der Waals surface area contributed by atoms with E-state index in [4.69, 9.17) is 5.26 Å². The molecule has 58 valence electrons. The summed E-state index contributed by atoms with van der Waals surface area (Å²) in [4.78, 5) is 7.75. The number of rotatable bonds is 4. The van der Waals surface area contributed by atoms with E-state index in [0.717, 1.165) is 0 Å². The summed E-state index contributed by atoms with van der Waals surface area (Å²) < 4.78 is 0. The molecule has 0 unspecified atom stereocenters. The number of hydrogen-bond donors (Lipinski definition) is 0. The molecular formula is C8H11N3. The van der Waals surface area contributed by atoms with E-state index in [1.807, 2.05) is 13.0 Å². The van der Waals surface area contributed by atoms with Crippen molar-refractivity contribution in [2.24, 2.45) is 9.98 Å². The fraction of sp³-hybridized carbons (Fsp3) is 0.375. The third-order valence-corrected chi connectivity index (χ3v) is 0.865. The number of hydrogen-bond acceptors (Lipinski definition) is 3. The Balaban J connectivity index is 3.37. The van der Waals surface area contributed by atoms with Crippen LogP contribution in [-0.4, -0.2) is 19.0 Å². The molecule has 0 aromatic rings. The summed E-state index contributed by atoms with van der Waals surface area (Å²) >= 11 is 0. The monoisotopic (exact) mass is 149 g/mol. The Labute approximate surface area is 66.8 Å². The van der Waals surface area contributed by atoms with E-state index >= 15 is 0 Å². The van der Waals surface area contributed by atoms with Gasteiger partial charge in [0.05, 0.1) is 19.0 Å². The summed E-state index contributed by atoms with van der Waals surface area (Å²) in [6.45, 7) is 2.41. The van der Waals surface area contributed by atoms with Crippen molar-refractivity contribution in [3.05, 3.63) is 12.3 Å². The van der Waals surface area contributed by atoms with Crippen molar-refractivity contribution >= 4 is 12.4 Å². The van der Waals surface area contributed by atoms with Crippen molar-refractivity contribution in [3.8, 4) is 6.07 Å². The number of nitrogens with zero attached hydrogens (tertiary/aromatic N) is 3. The van der Waals surface area contributed by atoms with Crippen molar-refractivity contribution in [2.75, 3.05) is 6.54 Å². The second-order valence-corrected chi connectivity index (χ2v) is 1.71. The third-order valence-electron chi connectivity index (χ3n) is 0.865. The molecule has 0 aliphatic rings. The van der Waals surface area contributed by atoms with Gasteiger partial charge in [-0.3, -0.25) is 9.98 Å². The lowest BCUT2D eigenvalue weighted by molar-refractivity contribution is 1.02. The van der Waals surface area contributed by atoms with Crippen molar-refractivity contribution in [3.63, 3.8) is 0 Å². The van der Waals surface area contributed by atoms with Crippen LogP contribution in [0.5, 0.6) is 0 Å². The van der Waals surface area contributed by atoms with Gasteiger partial charge in [0.1, 0.15) is 0 Å². The Morgan fingerprint density at radius 2 is 2.36 bits per heavy atom. The predicted molar refractivity (Wildman–Crippen MR) is 46.9 cm³/mol. The van der Waals surface area contributed by atoms with Crippen LogP contribution in [-0.2, 0) is 0 Å². The average Bonchev–Trinajstić information content (AvgIpc) is 2.03. The lowest BCUT2D eigenvalue weighted by Gasteiger charge is -1.78. The molecule has 0 N–H and O–H groups in total. The minimum Gasteiger partial charge on any atom is -0.292 e. The molecule has 3 heteroatoms. The van der Waals surface area contributed by atoms with E-state index < -0.39 is 0 Å². The predicted octanol–water partition coefficient (Wildman–Crippen LogP) is 1.58. The first-order valence-electron chi connectivity index (χ1n) is 3.41. The lowest BCUT2D eigenvalue weighted by Crippen LogP contribution is -1.75. The molecule has 0 amide bonds. The Morgan fingerprint density at radius 1 is 1.55 bits per heavy atom. The van der Waals surface area contributed by atoms with Gasteiger partial charge in [-0.2, -0.15) is 5.26 Å². The molecule has 0 saturated heterocycles. The highest BCUT2D eigenvalue weighted by Gasteiger charge is 1.73. The minimum atomic E-state index is 0.474. The van der Waals surface area contributed by atoms with Crippen molar-refractivity contribution in [2.45, 2.75) is 13.3 Å². The zero-order valence-electron chi connectivity index (χ0n) is 6.57. The standard InChI is InChI=1S/C8H11N3/c1-2-10-7-4-8-11-6-3-5-9/h2,4,7-8H,3,6H2,1H3/b7-4-,10-2-,11-8-. The van der Waals surface area contributed by atoms with Gasteiger partial charge >= 0.3 is 0 Å². The zero-order chi connectivity index (χ0) is 8.36. The maximum atomic E-state index is 8.14. The normalized spacial score (nSPS) is 11.6. The molecule has 0 radical (unpaired) electrons. The number of nitriles is 1. The summed E-state index contributed by atoms with van der Waals surface area (Å²) in [6.07, 6.45) is 7.19. The molecule has 0 saturated carbocycles. The second-order valence-electron chi connectivity index (χ2n) is 1.71. The van der Waals surface area contributed by atoms with Crippen LogP contribution in [0.2, 0.25) is 0 Å². The van der Waals surface area contributed by atoms with E-state index in [0.29, 0.717) is 13.0 Å². The average molecular weight is 149 g/mol. The van der Waals surface area contributed by atoms with Crippen LogP contribution in [0, 0.1) is 11.3 Å². The van der Waals surface area contributed by atoms with Gasteiger partial charge in [-0.25, -0.2) is 0 Å². The first-order chi connectivity index (χ1) is 5.41. The van der Waals surface area contributed by atoms with Gasteiger partial charge in [-0.15, -0.1) is 0 Å². The molecule has 3 nitrogen and oxygen atoms in total. The van der Waals surface area contributed by atoms with E-state index in [2.05, 4.69) is 9.98 Å². The smallest absolute Gasteiger partial charge is 0.0641 e. The summed E-state index contributed by atoms with van der Waals surface area (Å²) in [6, 6.07) is 2.00. The fourth-order valence-electron chi connectivity index (χ4n) is 0.424. The molecule has 0 atom stereocenters. The van der Waals surface area contributed by atoms with Crippen LogP contribution in [0.1, 0.15) is 13.3 Å². The molecule has 0 aliphatic heterocycles. The quantitative estimate of drug-likeness (QED) is 0.442. The van der Waals surface area contributed by atoms with E-state index in [9.17, 15) is 0 Å². The van der Waals surface area contributed by atoms with Crippen molar-refractivity contribution in [1.29, 1.82) is 5.26 Å². The van der Waals surface area contributed by atoms with Crippen LogP contribution in [0.3, 0.4) is 0 Å². The Bertz CT molecular complexity index is 196. The van der Waals surface area contributed by atoms with Crippen molar-refractivity contribution in [1.82, 2.24) is 0 Å². The molecule has 0 aromatic carbocycles. The second kappa shape index (κ2) is 8.57.